The van der Waals surface area contributed by atoms with Gasteiger partial charge in [-0.25, -0.2) is 4.79 Å². The van der Waals surface area contributed by atoms with Crippen molar-refractivity contribution in [1.29, 1.82) is 0 Å². The molecule has 4 saturated carbocycles. The topological polar surface area (TPSA) is 107 Å². The van der Waals surface area contributed by atoms with Crippen molar-refractivity contribution in [2.24, 2.45) is 50.2 Å². The SMILES string of the molecule is CC1(C)CCC2(CO)CCC3(C)C(=CCC4C5(C)CCC(O)C(C)(COC(=O)/C=C/c6ccc(O)c(O)c6)C5CCC43C)C2C1. The lowest BCUT2D eigenvalue weighted by Crippen LogP contribution is -2.65. The molecular formula is C39H56O6. The summed E-state index contributed by atoms with van der Waals surface area (Å²) < 4.78 is 5.86. The minimum absolute atomic E-state index is 0.00911. The van der Waals surface area contributed by atoms with Crippen LogP contribution >= 0.6 is 0 Å². The molecule has 1 aromatic rings. The summed E-state index contributed by atoms with van der Waals surface area (Å²) in [6, 6.07) is 4.39. The highest BCUT2D eigenvalue weighted by Crippen LogP contribution is 2.75. The Balaban J connectivity index is 1.25. The summed E-state index contributed by atoms with van der Waals surface area (Å²) in [7, 11) is 0. The van der Waals surface area contributed by atoms with Gasteiger partial charge in [0.25, 0.3) is 0 Å². The van der Waals surface area contributed by atoms with Crippen molar-refractivity contribution in [2.75, 3.05) is 13.2 Å². The van der Waals surface area contributed by atoms with Gasteiger partial charge in [-0.05, 0) is 127 Å². The van der Waals surface area contributed by atoms with Gasteiger partial charge in [-0.2, -0.15) is 0 Å². The van der Waals surface area contributed by atoms with Crippen molar-refractivity contribution in [3.8, 4) is 11.5 Å². The highest BCUT2D eigenvalue weighted by atomic mass is 16.5. The van der Waals surface area contributed by atoms with Crippen LogP contribution < -0.4 is 0 Å². The molecule has 0 aliphatic heterocycles. The van der Waals surface area contributed by atoms with Gasteiger partial charge in [-0.15, -0.1) is 0 Å². The van der Waals surface area contributed by atoms with E-state index in [4.69, 9.17) is 4.74 Å². The fourth-order valence-corrected chi connectivity index (χ4v) is 11.7. The van der Waals surface area contributed by atoms with Crippen LogP contribution in [-0.4, -0.2) is 45.7 Å². The van der Waals surface area contributed by atoms with Gasteiger partial charge in [0, 0.05) is 23.5 Å². The second kappa shape index (κ2) is 10.9. The quantitative estimate of drug-likeness (QED) is 0.116. The maximum atomic E-state index is 12.9. The van der Waals surface area contributed by atoms with E-state index in [1.54, 1.807) is 17.7 Å². The first-order valence-corrected chi connectivity index (χ1v) is 17.4. The number of aliphatic hydroxyl groups excluding tert-OH is 2. The van der Waals surface area contributed by atoms with E-state index in [-0.39, 0.29) is 45.7 Å². The van der Waals surface area contributed by atoms with Crippen LogP contribution in [0.5, 0.6) is 11.5 Å². The van der Waals surface area contributed by atoms with Crippen LogP contribution in [0.1, 0.15) is 111 Å². The Labute approximate surface area is 270 Å². The summed E-state index contributed by atoms with van der Waals surface area (Å²) in [5.41, 5.74) is 2.22. The number of phenols is 2. The second-order valence-electron chi connectivity index (χ2n) is 17.5. The summed E-state index contributed by atoms with van der Waals surface area (Å²) >= 11 is 0. The molecule has 0 radical (unpaired) electrons. The molecule has 0 heterocycles. The smallest absolute Gasteiger partial charge is 0.330 e. The molecule has 0 bridgehead atoms. The zero-order chi connectivity index (χ0) is 32.6. The lowest BCUT2D eigenvalue weighted by atomic mass is 9.33. The third-order valence-corrected chi connectivity index (χ3v) is 14.8. The fraction of sp³-hybridized carbons (Fsp3) is 0.718. The number of carbonyl (C=O) groups is 1. The zero-order valence-electron chi connectivity index (χ0n) is 28.4. The van der Waals surface area contributed by atoms with Crippen LogP contribution in [0.3, 0.4) is 0 Å². The predicted octanol–water partition coefficient (Wildman–Crippen LogP) is 7.79. The summed E-state index contributed by atoms with van der Waals surface area (Å²) in [6.07, 6.45) is 15.5. The average Bonchev–Trinajstić information content (AvgIpc) is 2.99. The Bertz CT molecular complexity index is 1400. The van der Waals surface area contributed by atoms with Crippen LogP contribution in [0.15, 0.2) is 35.9 Å². The molecule has 9 atom stereocenters. The molecule has 1 aromatic carbocycles. The minimum atomic E-state index is -0.550. The number of hydrogen-bond acceptors (Lipinski definition) is 6. The summed E-state index contributed by atoms with van der Waals surface area (Å²) in [5.74, 6) is 0.217. The number of ether oxygens (including phenoxy) is 1. The van der Waals surface area contributed by atoms with Crippen LogP contribution in [0.25, 0.3) is 6.08 Å². The lowest BCUT2D eigenvalue weighted by Gasteiger charge is -2.71. The number of allylic oxidation sites excluding steroid dienone is 2. The highest BCUT2D eigenvalue weighted by molar-refractivity contribution is 5.87. The van der Waals surface area contributed by atoms with Gasteiger partial charge in [0.2, 0.25) is 0 Å². The average molecular weight is 621 g/mol. The van der Waals surface area contributed by atoms with Gasteiger partial charge >= 0.3 is 5.97 Å². The van der Waals surface area contributed by atoms with E-state index in [0.29, 0.717) is 35.8 Å². The number of benzene rings is 1. The van der Waals surface area contributed by atoms with Crippen molar-refractivity contribution in [3.05, 3.63) is 41.5 Å². The number of fused-ring (bicyclic) bond motifs is 7. The normalized spacial score (nSPS) is 43.8. The van der Waals surface area contributed by atoms with E-state index in [0.717, 1.165) is 51.4 Å². The molecule has 6 heteroatoms. The van der Waals surface area contributed by atoms with E-state index >= 15 is 0 Å². The number of phenolic OH excluding ortho intramolecular Hbond substituents is 2. The molecule has 5 aliphatic rings. The maximum Gasteiger partial charge on any atom is 0.330 e. The molecule has 4 fully saturated rings. The fourth-order valence-electron chi connectivity index (χ4n) is 11.7. The van der Waals surface area contributed by atoms with Gasteiger partial charge in [0.15, 0.2) is 11.5 Å². The molecule has 9 unspecified atom stereocenters. The third kappa shape index (κ3) is 4.91. The number of aromatic hydroxyl groups is 2. The van der Waals surface area contributed by atoms with Crippen LogP contribution in [0.4, 0.5) is 0 Å². The van der Waals surface area contributed by atoms with Crippen LogP contribution in [-0.2, 0) is 9.53 Å². The molecule has 0 aromatic heterocycles. The number of rotatable bonds is 5. The molecule has 248 valence electrons. The second-order valence-corrected chi connectivity index (χ2v) is 17.5. The molecular weight excluding hydrogens is 564 g/mol. The molecule has 45 heavy (non-hydrogen) atoms. The van der Waals surface area contributed by atoms with Crippen molar-refractivity contribution in [3.63, 3.8) is 0 Å². The number of esters is 1. The first-order chi connectivity index (χ1) is 21.0. The summed E-state index contributed by atoms with van der Waals surface area (Å²) in [4.78, 5) is 12.9. The molecule has 0 amide bonds. The molecule has 5 aliphatic carbocycles. The van der Waals surface area contributed by atoms with Crippen molar-refractivity contribution >= 4 is 12.0 Å². The van der Waals surface area contributed by atoms with Crippen LogP contribution in [0, 0.1) is 50.2 Å². The van der Waals surface area contributed by atoms with Gasteiger partial charge < -0.3 is 25.2 Å². The monoisotopic (exact) mass is 620 g/mol. The standard InChI is InChI=1S/C39H56O6/c1-34(2)17-19-39(23-40)20-18-37(5)26(27(39)22-34)9-11-31-35(3)15-14-32(43)36(4,30(35)13-16-38(31,37)6)24-45-33(44)12-8-25-7-10-28(41)29(42)21-25/h7-10,12,21,27,30-32,40-43H,11,13-20,22-24H2,1-6H3/b12-8+. The summed E-state index contributed by atoms with van der Waals surface area (Å²) in [6.45, 7) is 15.0. The van der Waals surface area contributed by atoms with E-state index in [2.05, 4.69) is 47.6 Å². The van der Waals surface area contributed by atoms with E-state index in [1.807, 2.05) is 0 Å². The summed E-state index contributed by atoms with van der Waals surface area (Å²) in [5, 5.41) is 41.6. The van der Waals surface area contributed by atoms with Crippen LogP contribution in [0.2, 0.25) is 0 Å². The predicted molar refractivity (Wildman–Crippen MR) is 176 cm³/mol. The van der Waals surface area contributed by atoms with E-state index < -0.39 is 17.5 Å². The Morgan fingerprint density at radius 1 is 0.933 bits per heavy atom. The van der Waals surface area contributed by atoms with E-state index in [9.17, 15) is 25.2 Å². The molecule has 0 saturated heterocycles. The lowest BCUT2D eigenvalue weighted by molar-refractivity contribution is -0.219. The Kier molecular flexibility index (Phi) is 7.88. The van der Waals surface area contributed by atoms with Crippen molar-refractivity contribution in [1.82, 2.24) is 0 Å². The number of carbonyl (C=O) groups excluding carboxylic acids is 1. The van der Waals surface area contributed by atoms with Gasteiger partial charge in [0.05, 0.1) is 12.7 Å². The Morgan fingerprint density at radius 2 is 1.67 bits per heavy atom. The number of hydrogen-bond donors (Lipinski definition) is 4. The molecule has 4 N–H and O–H groups in total. The molecule has 6 nitrogen and oxygen atoms in total. The zero-order valence-corrected chi connectivity index (χ0v) is 28.4. The minimum Gasteiger partial charge on any atom is -0.504 e. The first kappa shape index (κ1) is 32.6. The molecule has 6 rings (SSSR count). The molecule has 0 spiro atoms. The van der Waals surface area contributed by atoms with Crippen molar-refractivity contribution in [2.45, 2.75) is 112 Å². The highest BCUT2D eigenvalue weighted by Gasteiger charge is 2.68. The van der Waals surface area contributed by atoms with Crippen molar-refractivity contribution < 1.29 is 30.0 Å². The van der Waals surface area contributed by atoms with E-state index in [1.165, 1.54) is 24.6 Å². The van der Waals surface area contributed by atoms with Gasteiger partial charge in [-0.3, -0.25) is 0 Å². The van der Waals surface area contributed by atoms with Gasteiger partial charge in [-0.1, -0.05) is 59.3 Å². The largest absolute Gasteiger partial charge is 0.504 e. The third-order valence-electron chi connectivity index (χ3n) is 14.8. The Morgan fingerprint density at radius 3 is 2.38 bits per heavy atom. The number of aliphatic hydroxyl groups is 2. The van der Waals surface area contributed by atoms with Gasteiger partial charge in [0.1, 0.15) is 0 Å². The Hall–Kier alpha value is -2.31. The first-order valence-electron chi connectivity index (χ1n) is 17.4. The maximum absolute atomic E-state index is 12.9.